The van der Waals surface area contributed by atoms with Crippen molar-refractivity contribution in [1.82, 2.24) is 4.31 Å². The van der Waals surface area contributed by atoms with Gasteiger partial charge in [0.15, 0.2) is 0 Å². The van der Waals surface area contributed by atoms with Crippen LogP contribution in [0, 0.1) is 0 Å². The van der Waals surface area contributed by atoms with Gasteiger partial charge in [0.1, 0.15) is 4.90 Å². The smallest absolute Gasteiger partial charge is 0.337 e. The quantitative estimate of drug-likeness (QED) is 0.799. The van der Waals surface area contributed by atoms with Crippen molar-refractivity contribution in [1.29, 1.82) is 0 Å². The van der Waals surface area contributed by atoms with Crippen LogP contribution < -0.4 is 0 Å². The summed E-state index contributed by atoms with van der Waals surface area (Å²) in [7, 11) is -2.74. The molecule has 128 valence electrons. The molecule has 0 aromatic heterocycles. The number of halogens is 1. The Bertz CT molecular complexity index is 693. The maximum Gasteiger partial charge on any atom is 0.337 e. The summed E-state index contributed by atoms with van der Waals surface area (Å²) in [6.07, 6.45) is -0.594. The molecule has 2 atom stereocenters. The largest absolute Gasteiger partial charge is 0.465 e. The number of nitrogens with zero attached hydrogens (tertiary/aromatic N) is 1. The Labute approximate surface area is 139 Å². The first-order valence-corrected chi connectivity index (χ1v) is 8.75. The lowest BCUT2D eigenvalue weighted by Crippen LogP contribution is -2.51. The summed E-state index contributed by atoms with van der Waals surface area (Å²) in [6.45, 7) is 1.59. The molecule has 2 rings (SSSR count). The lowest BCUT2D eigenvalue weighted by atomic mass is 10.2. The van der Waals surface area contributed by atoms with Gasteiger partial charge in [0.05, 0.1) is 37.0 Å². The van der Waals surface area contributed by atoms with E-state index in [1.54, 1.807) is 6.92 Å². The van der Waals surface area contributed by atoms with Gasteiger partial charge in [-0.1, -0.05) is 11.6 Å². The number of aliphatic hydroxyl groups excluding tert-OH is 1. The maximum absolute atomic E-state index is 12.9. The maximum atomic E-state index is 12.9. The molecule has 1 aliphatic rings. The first kappa shape index (κ1) is 18.2. The summed E-state index contributed by atoms with van der Waals surface area (Å²) in [5.41, 5.74) is 0.0927. The molecule has 1 N–H and O–H groups in total. The number of aliphatic hydroxyl groups is 1. The molecule has 0 aliphatic carbocycles. The number of morpholine rings is 1. The molecule has 1 aliphatic heterocycles. The second-order valence-corrected chi connectivity index (χ2v) is 7.46. The standard InChI is InChI=1S/C14H18ClNO6S/c1-9-8-22-11(7-17)6-16(9)23(19,20)13-5-10(14(18)21-2)3-4-12(13)15/h3-5,9,11,17H,6-8H2,1-2H3/t9-,11-/m0/s1. The lowest BCUT2D eigenvalue weighted by molar-refractivity contribution is -0.0516. The Morgan fingerprint density at radius 2 is 2.22 bits per heavy atom. The van der Waals surface area contributed by atoms with Gasteiger partial charge in [0, 0.05) is 12.6 Å². The lowest BCUT2D eigenvalue weighted by Gasteiger charge is -2.36. The zero-order valence-electron chi connectivity index (χ0n) is 12.7. The number of carbonyl (C=O) groups excluding carboxylic acids is 1. The molecular formula is C14H18ClNO6S. The number of methoxy groups -OCH3 is 1. The minimum absolute atomic E-state index is 0.0110. The first-order valence-electron chi connectivity index (χ1n) is 6.93. The third kappa shape index (κ3) is 3.67. The molecule has 23 heavy (non-hydrogen) atoms. The first-order chi connectivity index (χ1) is 10.8. The molecule has 1 heterocycles. The predicted molar refractivity (Wildman–Crippen MR) is 83.0 cm³/mol. The van der Waals surface area contributed by atoms with Crippen LogP contribution in [-0.4, -0.2) is 62.8 Å². The predicted octanol–water partition coefficient (Wildman–Crippen LogP) is 0.897. The normalized spacial score (nSPS) is 22.8. The molecule has 0 radical (unpaired) electrons. The van der Waals surface area contributed by atoms with Crippen molar-refractivity contribution < 1.29 is 27.8 Å². The molecule has 1 fully saturated rings. The molecule has 0 unspecified atom stereocenters. The molecule has 1 saturated heterocycles. The van der Waals surface area contributed by atoms with E-state index in [0.717, 1.165) is 0 Å². The number of hydrogen-bond donors (Lipinski definition) is 1. The van der Waals surface area contributed by atoms with Crippen LogP contribution in [0.15, 0.2) is 23.1 Å². The van der Waals surface area contributed by atoms with Gasteiger partial charge in [-0.2, -0.15) is 4.31 Å². The molecule has 0 saturated carbocycles. The Kier molecular flexibility index (Phi) is 5.64. The van der Waals surface area contributed by atoms with Crippen molar-refractivity contribution in [3.05, 3.63) is 28.8 Å². The van der Waals surface area contributed by atoms with Crippen LogP contribution in [0.1, 0.15) is 17.3 Å². The molecular weight excluding hydrogens is 346 g/mol. The van der Waals surface area contributed by atoms with Crippen molar-refractivity contribution in [3.63, 3.8) is 0 Å². The van der Waals surface area contributed by atoms with Crippen LogP contribution in [0.4, 0.5) is 0 Å². The van der Waals surface area contributed by atoms with Gasteiger partial charge in [-0.05, 0) is 25.1 Å². The van der Waals surface area contributed by atoms with Crippen LogP contribution in [0.25, 0.3) is 0 Å². The fourth-order valence-corrected chi connectivity index (χ4v) is 4.46. The second-order valence-electron chi connectivity index (χ2n) is 5.20. The monoisotopic (exact) mass is 363 g/mol. The van der Waals surface area contributed by atoms with Gasteiger partial charge in [0.2, 0.25) is 10.0 Å². The summed E-state index contributed by atoms with van der Waals surface area (Å²) < 4.78 is 37.0. The van der Waals surface area contributed by atoms with Crippen LogP contribution >= 0.6 is 11.6 Å². The highest BCUT2D eigenvalue weighted by atomic mass is 35.5. The van der Waals surface area contributed by atoms with E-state index >= 15 is 0 Å². The average Bonchev–Trinajstić information content (AvgIpc) is 2.54. The number of carbonyl (C=O) groups is 1. The second kappa shape index (κ2) is 7.14. The zero-order chi connectivity index (χ0) is 17.2. The van der Waals surface area contributed by atoms with Crippen LogP contribution in [-0.2, 0) is 19.5 Å². The number of rotatable bonds is 4. The number of sulfonamides is 1. The Hall–Kier alpha value is -1.19. The van der Waals surface area contributed by atoms with E-state index in [0.29, 0.717) is 0 Å². The topological polar surface area (TPSA) is 93.1 Å². The summed E-state index contributed by atoms with van der Waals surface area (Å²) in [6, 6.07) is 3.52. The van der Waals surface area contributed by atoms with Gasteiger partial charge >= 0.3 is 5.97 Å². The van der Waals surface area contributed by atoms with Crippen molar-refractivity contribution in [2.45, 2.75) is 24.0 Å². The number of hydrogen-bond acceptors (Lipinski definition) is 6. The van der Waals surface area contributed by atoms with E-state index in [1.165, 1.54) is 29.6 Å². The minimum atomic E-state index is -3.95. The van der Waals surface area contributed by atoms with E-state index in [9.17, 15) is 18.3 Å². The Balaban J connectivity index is 2.44. The van der Waals surface area contributed by atoms with E-state index in [1.807, 2.05) is 0 Å². The SMILES string of the molecule is COC(=O)c1ccc(Cl)c(S(=O)(=O)N2C[C@@H](CO)OC[C@@H]2C)c1. The fraction of sp³-hybridized carbons (Fsp3) is 0.500. The molecule has 1 aromatic rings. The average molecular weight is 364 g/mol. The highest BCUT2D eigenvalue weighted by Gasteiger charge is 2.36. The number of benzene rings is 1. The van der Waals surface area contributed by atoms with Gasteiger partial charge in [-0.15, -0.1) is 0 Å². The highest BCUT2D eigenvalue weighted by Crippen LogP contribution is 2.29. The van der Waals surface area contributed by atoms with Gasteiger partial charge < -0.3 is 14.6 Å². The molecule has 9 heteroatoms. The third-order valence-electron chi connectivity index (χ3n) is 3.59. The van der Waals surface area contributed by atoms with Gasteiger partial charge in [0.25, 0.3) is 0 Å². The molecule has 0 spiro atoms. The highest BCUT2D eigenvalue weighted by molar-refractivity contribution is 7.89. The van der Waals surface area contributed by atoms with Crippen LogP contribution in [0.2, 0.25) is 5.02 Å². The van der Waals surface area contributed by atoms with Gasteiger partial charge in [-0.3, -0.25) is 0 Å². The fourth-order valence-electron chi connectivity index (χ4n) is 2.31. The van der Waals surface area contributed by atoms with Crippen LogP contribution in [0.5, 0.6) is 0 Å². The molecule has 1 aromatic carbocycles. The van der Waals surface area contributed by atoms with Crippen molar-refractivity contribution >= 4 is 27.6 Å². The van der Waals surface area contributed by atoms with E-state index in [-0.39, 0.29) is 35.2 Å². The number of esters is 1. The third-order valence-corrected chi connectivity index (χ3v) is 6.05. The summed E-state index contributed by atoms with van der Waals surface area (Å²) in [5.74, 6) is -0.652. The van der Waals surface area contributed by atoms with E-state index in [4.69, 9.17) is 16.3 Å². The van der Waals surface area contributed by atoms with Crippen molar-refractivity contribution in [2.75, 3.05) is 26.9 Å². The Morgan fingerprint density at radius 3 is 2.83 bits per heavy atom. The zero-order valence-corrected chi connectivity index (χ0v) is 14.3. The molecule has 0 bridgehead atoms. The van der Waals surface area contributed by atoms with Crippen molar-refractivity contribution in [3.8, 4) is 0 Å². The molecule has 0 amide bonds. The van der Waals surface area contributed by atoms with Gasteiger partial charge in [-0.25, -0.2) is 13.2 Å². The van der Waals surface area contributed by atoms with Crippen molar-refractivity contribution in [2.24, 2.45) is 0 Å². The summed E-state index contributed by atoms with van der Waals surface area (Å²) in [5, 5.41) is 9.21. The minimum Gasteiger partial charge on any atom is -0.465 e. The van der Waals surface area contributed by atoms with Crippen LogP contribution in [0.3, 0.4) is 0 Å². The summed E-state index contributed by atoms with van der Waals surface area (Å²) in [4.78, 5) is 11.4. The number of ether oxygens (including phenoxy) is 2. The Morgan fingerprint density at radius 1 is 1.52 bits per heavy atom. The van der Waals surface area contributed by atoms with E-state index < -0.39 is 28.1 Å². The van der Waals surface area contributed by atoms with E-state index in [2.05, 4.69) is 4.74 Å². The summed E-state index contributed by atoms with van der Waals surface area (Å²) >= 11 is 6.03. The molecule has 7 nitrogen and oxygen atoms in total.